The van der Waals surface area contributed by atoms with E-state index >= 15 is 0 Å². The van der Waals surface area contributed by atoms with Gasteiger partial charge in [-0.25, -0.2) is 0 Å². The molecule has 2 aromatic rings. The zero-order valence-corrected chi connectivity index (χ0v) is 14.1. The first-order valence-electron chi connectivity index (χ1n) is 7.81. The molecule has 0 aliphatic heterocycles. The highest BCUT2D eigenvalue weighted by Crippen LogP contribution is 2.20. The van der Waals surface area contributed by atoms with Gasteiger partial charge in [-0.15, -0.1) is 0 Å². The van der Waals surface area contributed by atoms with Gasteiger partial charge in [-0.2, -0.15) is 0 Å². The second kappa shape index (κ2) is 8.82. The maximum atomic E-state index is 6.00. The molecule has 3 heteroatoms. The van der Waals surface area contributed by atoms with E-state index in [0.717, 1.165) is 35.3 Å². The molecule has 22 heavy (non-hydrogen) atoms. The number of rotatable bonds is 8. The van der Waals surface area contributed by atoms with Crippen LogP contribution in [-0.4, -0.2) is 6.54 Å². The fraction of sp³-hybridized carbons (Fsp3) is 0.368. The molecular formula is C19H24ClNO. The van der Waals surface area contributed by atoms with Crippen molar-refractivity contribution in [2.75, 3.05) is 6.54 Å². The minimum absolute atomic E-state index is 0.531. The quantitative estimate of drug-likeness (QED) is 0.687. The van der Waals surface area contributed by atoms with E-state index in [2.05, 4.69) is 25.2 Å². The van der Waals surface area contributed by atoms with Crippen LogP contribution in [0.1, 0.15) is 31.4 Å². The van der Waals surface area contributed by atoms with E-state index < -0.39 is 0 Å². The number of ether oxygens (including phenoxy) is 1. The summed E-state index contributed by atoms with van der Waals surface area (Å²) in [5, 5.41) is 4.22. The lowest BCUT2D eigenvalue weighted by Crippen LogP contribution is -2.16. The Balaban J connectivity index is 1.90. The number of nitrogens with one attached hydrogen (secondary N) is 1. The monoisotopic (exact) mass is 317 g/mol. The maximum absolute atomic E-state index is 6.00. The third kappa shape index (κ3) is 5.70. The molecule has 0 radical (unpaired) electrons. The van der Waals surface area contributed by atoms with Gasteiger partial charge < -0.3 is 10.1 Å². The van der Waals surface area contributed by atoms with Gasteiger partial charge in [0.25, 0.3) is 0 Å². The Bertz CT molecular complexity index is 583. The number of benzene rings is 2. The topological polar surface area (TPSA) is 21.3 Å². The number of para-hydroxylation sites is 1. The molecule has 0 saturated heterocycles. The van der Waals surface area contributed by atoms with Crippen LogP contribution in [0.5, 0.6) is 5.75 Å². The predicted octanol–water partition coefficient (Wildman–Crippen LogP) is 5.05. The van der Waals surface area contributed by atoms with Gasteiger partial charge >= 0.3 is 0 Å². The van der Waals surface area contributed by atoms with Crippen molar-refractivity contribution in [2.24, 2.45) is 5.92 Å². The van der Waals surface area contributed by atoms with Crippen LogP contribution in [-0.2, 0) is 13.2 Å². The lowest BCUT2D eigenvalue weighted by atomic mass is 10.1. The van der Waals surface area contributed by atoms with Gasteiger partial charge in [0.05, 0.1) is 0 Å². The van der Waals surface area contributed by atoms with Gasteiger partial charge in [-0.1, -0.05) is 55.8 Å². The van der Waals surface area contributed by atoms with Gasteiger partial charge in [0.15, 0.2) is 0 Å². The number of hydrogen-bond acceptors (Lipinski definition) is 2. The Labute approximate surface area is 138 Å². The van der Waals surface area contributed by atoms with Crippen molar-refractivity contribution in [3.05, 3.63) is 64.7 Å². The number of halogens is 1. The SMILES string of the molecule is CC(C)CCNCc1ccccc1OCc1cccc(Cl)c1. The Morgan fingerprint density at radius 3 is 2.68 bits per heavy atom. The fourth-order valence-corrected chi connectivity index (χ4v) is 2.41. The van der Waals surface area contributed by atoms with Gasteiger partial charge in [0.1, 0.15) is 12.4 Å². The highest BCUT2D eigenvalue weighted by Gasteiger charge is 2.04. The Kier molecular flexibility index (Phi) is 6.75. The van der Waals surface area contributed by atoms with Crippen molar-refractivity contribution >= 4 is 11.6 Å². The molecule has 0 amide bonds. The molecule has 0 spiro atoms. The van der Waals surface area contributed by atoms with Gasteiger partial charge in [-0.3, -0.25) is 0 Å². The van der Waals surface area contributed by atoms with Crippen molar-refractivity contribution in [2.45, 2.75) is 33.4 Å². The Morgan fingerprint density at radius 1 is 1.09 bits per heavy atom. The molecule has 0 atom stereocenters. The molecule has 0 aliphatic carbocycles. The summed E-state index contributed by atoms with van der Waals surface area (Å²) >= 11 is 6.00. The molecule has 0 unspecified atom stereocenters. The van der Waals surface area contributed by atoms with E-state index in [1.807, 2.05) is 42.5 Å². The lowest BCUT2D eigenvalue weighted by Gasteiger charge is -2.13. The van der Waals surface area contributed by atoms with Crippen LogP contribution in [0.15, 0.2) is 48.5 Å². The first-order chi connectivity index (χ1) is 10.6. The van der Waals surface area contributed by atoms with E-state index in [1.165, 1.54) is 12.0 Å². The molecule has 118 valence electrons. The van der Waals surface area contributed by atoms with Crippen LogP contribution in [0.25, 0.3) is 0 Å². The third-order valence-corrected chi connectivity index (χ3v) is 3.70. The van der Waals surface area contributed by atoms with Crippen molar-refractivity contribution in [1.29, 1.82) is 0 Å². The summed E-state index contributed by atoms with van der Waals surface area (Å²) in [6.45, 7) is 6.87. The Morgan fingerprint density at radius 2 is 1.91 bits per heavy atom. The van der Waals surface area contributed by atoms with Gasteiger partial charge in [0, 0.05) is 17.1 Å². The van der Waals surface area contributed by atoms with Crippen LogP contribution >= 0.6 is 11.6 Å². The fourth-order valence-electron chi connectivity index (χ4n) is 2.19. The summed E-state index contributed by atoms with van der Waals surface area (Å²) < 4.78 is 5.96. The standard InChI is InChI=1S/C19H24ClNO/c1-15(2)10-11-21-13-17-7-3-4-9-19(17)22-14-16-6-5-8-18(20)12-16/h3-9,12,15,21H,10-11,13-14H2,1-2H3. The molecule has 0 saturated carbocycles. The zero-order chi connectivity index (χ0) is 15.8. The van der Waals surface area contributed by atoms with Crippen LogP contribution < -0.4 is 10.1 Å². The van der Waals surface area contributed by atoms with E-state index in [-0.39, 0.29) is 0 Å². The second-order valence-electron chi connectivity index (χ2n) is 5.89. The first-order valence-corrected chi connectivity index (χ1v) is 8.19. The van der Waals surface area contributed by atoms with Crippen LogP contribution in [0.4, 0.5) is 0 Å². The molecule has 1 N–H and O–H groups in total. The van der Waals surface area contributed by atoms with Crippen molar-refractivity contribution in [3.8, 4) is 5.75 Å². The smallest absolute Gasteiger partial charge is 0.124 e. The average Bonchev–Trinajstić information content (AvgIpc) is 2.50. The molecule has 0 fully saturated rings. The molecule has 0 aliphatic rings. The van der Waals surface area contributed by atoms with E-state index in [4.69, 9.17) is 16.3 Å². The molecule has 2 nitrogen and oxygen atoms in total. The highest BCUT2D eigenvalue weighted by atomic mass is 35.5. The predicted molar refractivity (Wildman–Crippen MR) is 93.4 cm³/mol. The average molecular weight is 318 g/mol. The maximum Gasteiger partial charge on any atom is 0.124 e. The summed E-state index contributed by atoms with van der Waals surface area (Å²) in [7, 11) is 0. The summed E-state index contributed by atoms with van der Waals surface area (Å²) in [6.07, 6.45) is 1.19. The molecule has 0 bridgehead atoms. The van der Waals surface area contributed by atoms with Crippen LogP contribution in [0.2, 0.25) is 5.02 Å². The highest BCUT2D eigenvalue weighted by molar-refractivity contribution is 6.30. The zero-order valence-electron chi connectivity index (χ0n) is 13.3. The largest absolute Gasteiger partial charge is 0.489 e. The second-order valence-corrected chi connectivity index (χ2v) is 6.32. The minimum Gasteiger partial charge on any atom is -0.489 e. The molecule has 0 aromatic heterocycles. The van der Waals surface area contributed by atoms with Gasteiger partial charge in [0.2, 0.25) is 0 Å². The normalized spacial score (nSPS) is 10.9. The lowest BCUT2D eigenvalue weighted by molar-refractivity contribution is 0.302. The van der Waals surface area contributed by atoms with Crippen molar-refractivity contribution in [1.82, 2.24) is 5.32 Å². The minimum atomic E-state index is 0.531. The summed E-state index contributed by atoms with van der Waals surface area (Å²) in [5.41, 5.74) is 2.27. The van der Waals surface area contributed by atoms with E-state index in [1.54, 1.807) is 0 Å². The van der Waals surface area contributed by atoms with Crippen molar-refractivity contribution in [3.63, 3.8) is 0 Å². The van der Waals surface area contributed by atoms with Crippen LogP contribution in [0.3, 0.4) is 0 Å². The molecule has 0 heterocycles. The van der Waals surface area contributed by atoms with Crippen molar-refractivity contribution < 1.29 is 4.74 Å². The van der Waals surface area contributed by atoms with E-state index in [0.29, 0.717) is 6.61 Å². The number of hydrogen-bond donors (Lipinski definition) is 1. The summed E-state index contributed by atoms with van der Waals surface area (Å²) in [6, 6.07) is 16.0. The Hall–Kier alpha value is -1.51. The molecular weight excluding hydrogens is 294 g/mol. The van der Waals surface area contributed by atoms with Crippen LogP contribution in [0, 0.1) is 5.92 Å². The molecule has 2 rings (SSSR count). The van der Waals surface area contributed by atoms with Gasteiger partial charge in [-0.05, 0) is 42.6 Å². The first kappa shape index (κ1) is 16.9. The summed E-state index contributed by atoms with van der Waals surface area (Å²) in [4.78, 5) is 0. The summed E-state index contributed by atoms with van der Waals surface area (Å²) in [5.74, 6) is 1.65. The third-order valence-electron chi connectivity index (χ3n) is 3.47. The molecule has 2 aromatic carbocycles. The van der Waals surface area contributed by atoms with E-state index in [9.17, 15) is 0 Å².